The fraction of sp³-hybridized carbons (Fsp3) is 0.364. The molecule has 80 valence electrons. The Morgan fingerprint density at radius 3 is 3.07 bits per heavy atom. The molecular formula is C11H12FNO2. The largest absolute Gasteiger partial charge is 0.481 e. The van der Waals surface area contributed by atoms with E-state index in [4.69, 9.17) is 4.74 Å². The maximum Gasteiger partial charge on any atom is 0.261 e. The molecule has 1 amide bonds. The smallest absolute Gasteiger partial charge is 0.261 e. The van der Waals surface area contributed by atoms with Gasteiger partial charge in [0, 0.05) is 12.6 Å². The summed E-state index contributed by atoms with van der Waals surface area (Å²) in [4.78, 5) is 11.4. The van der Waals surface area contributed by atoms with E-state index in [-0.39, 0.29) is 11.7 Å². The van der Waals surface area contributed by atoms with E-state index in [1.807, 2.05) is 0 Å². The molecule has 0 aromatic heterocycles. The average molecular weight is 209 g/mol. The lowest BCUT2D eigenvalue weighted by Crippen LogP contribution is -2.43. The van der Waals surface area contributed by atoms with Gasteiger partial charge in [-0.05, 0) is 25.0 Å². The van der Waals surface area contributed by atoms with E-state index in [2.05, 4.69) is 5.32 Å². The summed E-state index contributed by atoms with van der Waals surface area (Å²) >= 11 is 0. The van der Waals surface area contributed by atoms with Gasteiger partial charge in [0.2, 0.25) is 0 Å². The zero-order chi connectivity index (χ0) is 10.7. The first-order chi connectivity index (χ1) is 7.25. The number of carbonyl (C=O) groups excluding carboxylic acids is 1. The van der Waals surface area contributed by atoms with Gasteiger partial charge in [0.1, 0.15) is 11.6 Å². The Bertz CT molecular complexity index is 367. The minimum Gasteiger partial charge on any atom is -0.481 e. The van der Waals surface area contributed by atoms with Crippen molar-refractivity contribution in [3.8, 4) is 5.75 Å². The number of halogens is 1. The molecule has 0 spiro atoms. The molecule has 1 aliphatic rings. The first-order valence-electron chi connectivity index (χ1n) is 4.95. The van der Waals surface area contributed by atoms with Crippen LogP contribution in [0.2, 0.25) is 0 Å². The molecule has 1 N–H and O–H groups in total. The minimum atomic E-state index is -0.486. The number of hydrogen-bond acceptors (Lipinski definition) is 2. The van der Waals surface area contributed by atoms with Gasteiger partial charge in [-0.25, -0.2) is 4.39 Å². The molecule has 1 unspecified atom stereocenters. The number of benzene rings is 1. The van der Waals surface area contributed by atoms with Gasteiger partial charge >= 0.3 is 0 Å². The Kier molecular flexibility index (Phi) is 2.85. The molecule has 1 aliphatic heterocycles. The van der Waals surface area contributed by atoms with Gasteiger partial charge in [0.05, 0.1) is 0 Å². The predicted molar refractivity (Wildman–Crippen MR) is 53.1 cm³/mol. The van der Waals surface area contributed by atoms with Crippen LogP contribution in [0.15, 0.2) is 24.3 Å². The Balaban J connectivity index is 2.04. The number of amides is 1. The van der Waals surface area contributed by atoms with Crippen LogP contribution in [0.5, 0.6) is 5.75 Å². The molecule has 1 heterocycles. The van der Waals surface area contributed by atoms with Crippen LogP contribution in [0.1, 0.15) is 12.8 Å². The molecule has 4 heteroatoms. The molecular weight excluding hydrogens is 197 g/mol. The summed E-state index contributed by atoms with van der Waals surface area (Å²) in [5.74, 6) is -0.0775. The maximum absolute atomic E-state index is 12.8. The molecule has 1 fully saturated rings. The van der Waals surface area contributed by atoms with Crippen LogP contribution < -0.4 is 10.1 Å². The third-order valence-electron chi connectivity index (χ3n) is 2.31. The second kappa shape index (κ2) is 4.29. The summed E-state index contributed by atoms with van der Waals surface area (Å²) < 4.78 is 18.2. The van der Waals surface area contributed by atoms with Gasteiger partial charge in [-0.15, -0.1) is 0 Å². The molecule has 3 nitrogen and oxygen atoms in total. The number of rotatable bonds is 2. The normalized spacial score (nSPS) is 20.9. The van der Waals surface area contributed by atoms with Gasteiger partial charge in [-0.1, -0.05) is 6.07 Å². The topological polar surface area (TPSA) is 38.3 Å². The lowest BCUT2D eigenvalue weighted by molar-refractivity contribution is -0.129. The van der Waals surface area contributed by atoms with Crippen molar-refractivity contribution in [3.05, 3.63) is 30.1 Å². The molecule has 0 radical (unpaired) electrons. The highest BCUT2D eigenvalue weighted by Gasteiger charge is 2.23. The fourth-order valence-corrected chi connectivity index (χ4v) is 1.56. The van der Waals surface area contributed by atoms with Crippen molar-refractivity contribution in [1.29, 1.82) is 0 Å². The minimum absolute atomic E-state index is 0.120. The third-order valence-corrected chi connectivity index (χ3v) is 2.31. The molecule has 1 saturated heterocycles. The van der Waals surface area contributed by atoms with Crippen molar-refractivity contribution in [2.45, 2.75) is 18.9 Å². The van der Waals surface area contributed by atoms with Gasteiger partial charge in [0.15, 0.2) is 6.10 Å². The molecule has 0 saturated carbocycles. The quantitative estimate of drug-likeness (QED) is 0.801. The standard InChI is InChI=1S/C11H12FNO2/c12-8-3-1-4-9(7-8)15-10-5-2-6-13-11(10)14/h1,3-4,7,10H,2,5-6H2,(H,13,14). The van der Waals surface area contributed by atoms with Crippen molar-refractivity contribution in [1.82, 2.24) is 5.32 Å². The lowest BCUT2D eigenvalue weighted by Gasteiger charge is -2.22. The second-order valence-electron chi connectivity index (χ2n) is 3.50. The third kappa shape index (κ3) is 2.46. The fourth-order valence-electron chi connectivity index (χ4n) is 1.56. The summed E-state index contributed by atoms with van der Waals surface area (Å²) in [7, 11) is 0. The van der Waals surface area contributed by atoms with Crippen molar-refractivity contribution >= 4 is 5.91 Å². The van der Waals surface area contributed by atoms with Crippen molar-refractivity contribution in [2.75, 3.05) is 6.54 Å². The van der Waals surface area contributed by atoms with Crippen LogP contribution in [-0.2, 0) is 4.79 Å². The number of nitrogens with one attached hydrogen (secondary N) is 1. The first-order valence-corrected chi connectivity index (χ1v) is 4.95. The summed E-state index contributed by atoms with van der Waals surface area (Å²) in [5.41, 5.74) is 0. The number of carbonyl (C=O) groups is 1. The van der Waals surface area contributed by atoms with Crippen LogP contribution in [0.3, 0.4) is 0 Å². The Hall–Kier alpha value is -1.58. The zero-order valence-electron chi connectivity index (χ0n) is 8.20. The van der Waals surface area contributed by atoms with E-state index in [0.717, 1.165) is 6.42 Å². The van der Waals surface area contributed by atoms with Gasteiger partial charge in [-0.2, -0.15) is 0 Å². The van der Waals surface area contributed by atoms with E-state index in [9.17, 15) is 9.18 Å². The number of hydrogen-bond donors (Lipinski definition) is 1. The molecule has 2 rings (SSSR count). The molecule has 0 aliphatic carbocycles. The van der Waals surface area contributed by atoms with Crippen LogP contribution in [-0.4, -0.2) is 18.6 Å². The van der Waals surface area contributed by atoms with Gasteiger partial charge in [0.25, 0.3) is 5.91 Å². The molecule has 0 bridgehead atoms. The van der Waals surface area contributed by atoms with Gasteiger partial charge < -0.3 is 10.1 Å². The van der Waals surface area contributed by atoms with E-state index < -0.39 is 6.10 Å². The Morgan fingerprint density at radius 1 is 1.47 bits per heavy atom. The average Bonchev–Trinajstić information content (AvgIpc) is 2.22. The SMILES string of the molecule is O=C1NCCCC1Oc1cccc(F)c1. The van der Waals surface area contributed by atoms with Crippen LogP contribution >= 0.6 is 0 Å². The molecule has 15 heavy (non-hydrogen) atoms. The van der Waals surface area contributed by atoms with Gasteiger partial charge in [-0.3, -0.25) is 4.79 Å². The van der Waals surface area contributed by atoms with Crippen LogP contribution in [0.25, 0.3) is 0 Å². The summed E-state index contributed by atoms with van der Waals surface area (Å²) in [6, 6.07) is 5.83. The van der Waals surface area contributed by atoms with Crippen molar-refractivity contribution in [3.63, 3.8) is 0 Å². The van der Waals surface area contributed by atoms with Crippen LogP contribution in [0, 0.1) is 5.82 Å². The number of ether oxygens (including phenoxy) is 1. The maximum atomic E-state index is 12.8. The van der Waals surface area contributed by atoms with E-state index in [1.165, 1.54) is 12.1 Å². The second-order valence-corrected chi connectivity index (χ2v) is 3.50. The lowest BCUT2D eigenvalue weighted by atomic mass is 10.1. The Morgan fingerprint density at radius 2 is 2.33 bits per heavy atom. The summed E-state index contributed by atoms with van der Waals surface area (Å²) in [6.07, 6.45) is 1.09. The van der Waals surface area contributed by atoms with Crippen molar-refractivity contribution in [2.24, 2.45) is 0 Å². The summed E-state index contributed by atoms with van der Waals surface area (Å²) in [5, 5.41) is 2.71. The molecule has 1 aromatic carbocycles. The summed E-state index contributed by atoms with van der Waals surface area (Å²) in [6.45, 7) is 0.696. The Labute approximate surface area is 87.2 Å². The van der Waals surface area contributed by atoms with E-state index >= 15 is 0 Å². The van der Waals surface area contributed by atoms with E-state index in [1.54, 1.807) is 12.1 Å². The highest BCUT2D eigenvalue weighted by Crippen LogP contribution is 2.17. The van der Waals surface area contributed by atoms with E-state index in [0.29, 0.717) is 18.7 Å². The predicted octanol–water partition coefficient (Wildman–Crippen LogP) is 1.48. The highest BCUT2D eigenvalue weighted by molar-refractivity contribution is 5.81. The van der Waals surface area contributed by atoms with Crippen molar-refractivity contribution < 1.29 is 13.9 Å². The monoisotopic (exact) mass is 209 g/mol. The van der Waals surface area contributed by atoms with Crippen LogP contribution in [0.4, 0.5) is 4.39 Å². The number of piperidine rings is 1. The highest BCUT2D eigenvalue weighted by atomic mass is 19.1. The molecule has 1 aromatic rings. The first kappa shape index (κ1) is 9.96. The zero-order valence-corrected chi connectivity index (χ0v) is 8.20. The molecule has 1 atom stereocenters.